The first-order valence-electron chi connectivity index (χ1n) is 10.3. The quantitative estimate of drug-likeness (QED) is 0.615. The Labute approximate surface area is 176 Å². The van der Waals surface area contributed by atoms with E-state index in [0.717, 1.165) is 47.9 Å². The Morgan fingerprint density at radius 2 is 1.83 bits per heavy atom. The molecule has 158 valence electrons. The molecule has 1 aliphatic rings. The van der Waals surface area contributed by atoms with Crippen molar-refractivity contribution in [1.29, 1.82) is 0 Å². The van der Waals surface area contributed by atoms with Gasteiger partial charge in [0.1, 0.15) is 17.3 Å². The van der Waals surface area contributed by atoms with Crippen LogP contribution in [0.25, 0.3) is 11.5 Å². The Kier molecular flexibility index (Phi) is 6.18. The van der Waals surface area contributed by atoms with Crippen molar-refractivity contribution in [3.8, 4) is 23.0 Å². The first-order valence-corrected chi connectivity index (χ1v) is 10.3. The van der Waals surface area contributed by atoms with Gasteiger partial charge >= 0.3 is 0 Å². The van der Waals surface area contributed by atoms with Crippen molar-refractivity contribution in [3.63, 3.8) is 0 Å². The Hall–Kier alpha value is -2.67. The number of piperidine rings is 1. The molecule has 2 N–H and O–H groups in total. The molecule has 6 heteroatoms. The van der Waals surface area contributed by atoms with Crippen LogP contribution >= 0.6 is 0 Å². The molecule has 3 aromatic rings. The fourth-order valence-corrected chi connectivity index (χ4v) is 3.98. The predicted octanol–water partition coefficient (Wildman–Crippen LogP) is 4.01. The monoisotopic (exact) mass is 408 g/mol. The van der Waals surface area contributed by atoms with Crippen LogP contribution in [-0.4, -0.2) is 46.4 Å². The average molecular weight is 408 g/mol. The van der Waals surface area contributed by atoms with Crippen LogP contribution in [0.5, 0.6) is 11.5 Å². The molecule has 30 heavy (non-hydrogen) atoms. The van der Waals surface area contributed by atoms with Gasteiger partial charge in [0.25, 0.3) is 0 Å². The Balaban J connectivity index is 1.49. The van der Waals surface area contributed by atoms with Crippen molar-refractivity contribution < 1.29 is 19.4 Å². The van der Waals surface area contributed by atoms with Gasteiger partial charge in [-0.3, -0.25) is 4.90 Å². The molecule has 2 aromatic carbocycles. The van der Waals surface area contributed by atoms with Gasteiger partial charge in [-0.05, 0) is 56.6 Å². The second-order valence-corrected chi connectivity index (χ2v) is 8.10. The smallest absolute Gasteiger partial charge is 0.226 e. The highest BCUT2D eigenvalue weighted by molar-refractivity contribution is 5.57. The summed E-state index contributed by atoms with van der Waals surface area (Å²) in [6.07, 6.45) is 1.79. The van der Waals surface area contributed by atoms with Crippen LogP contribution in [0.4, 0.5) is 0 Å². The molecule has 0 amide bonds. The van der Waals surface area contributed by atoms with Crippen LogP contribution in [-0.2, 0) is 6.54 Å². The molecule has 0 atom stereocenters. The number of hydrogen-bond donors (Lipinski definition) is 2. The number of para-hydroxylation sites is 1. The zero-order valence-corrected chi connectivity index (χ0v) is 17.3. The topological polar surface area (TPSA) is 79.0 Å². The third-order valence-electron chi connectivity index (χ3n) is 5.74. The largest absolute Gasteiger partial charge is 0.457 e. The molecule has 0 radical (unpaired) electrons. The molecule has 0 saturated carbocycles. The van der Waals surface area contributed by atoms with Gasteiger partial charge in [-0.2, -0.15) is 0 Å². The van der Waals surface area contributed by atoms with E-state index in [9.17, 15) is 10.2 Å². The van der Waals surface area contributed by atoms with Crippen LogP contribution < -0.4 is 4.74 Å². The lowest BCUT2D eigenvalue weighted by atomic mass is 9.81. The van der Waals surface area contributed by atoms with Gasteiger partial charge in [0.05, 0.1) is 18.9 Å². The van der Waals surface area contributed by atoms with Crippen LogP contribution in [0.2, 0.25) is 0 Å². The van der Waals surface area contributed by atoms with Crippen molar-refractivity contribution in [2.75, 3.05) is 26.3 Å². The highest BCUT2D eigenvalue weighted by Gasteiger charge is 2.34. The SMILES string of the molecule is Cc1oc(-c2cccc(Oc3ccccc3)c2)nc1CN1CCCC(CO)(CO)C1. The lowest BCUT2D eigenvalue weighted by Crippen LogP contribution is -2.47. The zero-order chi connectivity index (χ0) is 21.0. The number of oxazole rings is 1. The van der Waals surface area contributed by atoms with E-state index in [1.54, 1.807) is 0 Å². The van der Waals surface area contributed by atoms with Gasteiger partial charge < -0.3 is 19.4 Å². The zero-order valence-electron chi connectivity index (χ0n) is 17.3. The second kappa shape index (κ2) is 9.00. The summed E-state index contributed by atoms with van der Waals surface area (Å²) in [7, 11) is 0. The van der Waals surface area contributed by atoms with E-state index in [4.69, 9.17) is 14.1 Å². The molecule has 4 rings (SSSR count). The molecule has 1 aromatic heterocycles. The number of hydrogen-bond acceptors (Lipinski definition) is 6. The maximum atomic E-state index is 9.73. The van der Waals surface area contributed by atoms with Crippen molar-refractivity contribution in [2.45, 2.75) is 26.3 Å². The van der Waals surface area contributed by atoms with Crippen LogP contribution in [0.15, 0.2) is 59.0 Å². The number of aryl methyl sites for hydroxylation is 1. The summed E-state index contributed by atoms with van der Waals surface area (Å²) >= 11 is 0. The minimum atomic E-state index is -0.429. The summed E-state index contributed by atoms with van der Waals surface area (Å²) in [5.74, 6) is 2.85. The van der Waals surface area contributed by atoms with E-state index in [-0.39, 0.29) is 13.2 Å². The van der Waals surface area contributed by atoms with E-state index in [0.29, 0.717) is 19.0 Å². The minimum Gasteiger partial charge on any atom is -0.457 e. The minimum absolute atomic E-state index is 0.00272. The molecule has 2 heterocycles. The number of likely N-dealkylation sites (tertiary alicyclic amines) is 1. The molecule has 0 aliphatic carbocycles. The molecule has 6 nitrogen and oxygen atoms in total. The maximum absolute atomic E-state index is 9.73. The summed E-state index contributed by atoms with van der Waals surface area (Å²) in [5.41, 5.74) is 1.31. The number of aliphatic hydroxyl groups is 2. The molecule has 0 spiro atoms. The van der Waals surface area contributed by atoms with E-state index in [1.165, 1.54) is 0 Å². The van der Waals surface area contributed by atoms with Gasteiger partial charge in [0, 0.05) is 24.1 Å². The molecule has 1 saturated heterocycles. The Morgan fingerprint density at radius 1 is 1.07 bits per heavy atom. The maximum Gasteiger partial charge on any atom is 0.226 e. The first-order chi connectivity index (χ1) is 14.6. The number of ether oxygens (including phenoxy) is 1. The third-order valence-corrected chi connectivity index (χ3v) is 5.74. The van der Waals surface area contributed by atoms with Crippen LogP contribution in [0, 0.1) is 12.3 Å². The number of rotatable bonds is 7. The van der Waals surface area contributed by atoms with E-state index in [2.05, 4.69) is 4.90 Å². The van der Waals surface area contributed by atoms with E-state index >= 15 is 0 Å². The van der Waals surface area contributed by atoms with Crippen molar-refractivity contribution in [1.82, 2.24) is 9.88 Å². The van der Waals surface area contributed by atoms with Crippen LogP contribution in [0.1, 0.15) is 24.3 Å². The van der Waals surface area contributed by atoms with Gasteiger partial charge in [0.2, 0.25) is 5.89 Å². The number of aliphatic hydroxyl groups excluding tert-OH is 2. The molecular weight excluding hydrogens is 380 g/mol. The summed E-state index contributed by atoms with van der Waals surface area (Å²) in [6.45, 7) is 4.13. The number of benzene rings is 2. The lowest BCUT2D eigenvalue weighted by molar-refractivity contribution is -0.0136. The molecule has 1 fully saturated rings. The van der Waals surface area contributed by atoms with E-state index < -0.39 is 5.41 Å². The highest BCUT2D eigenvalue weighted by Crippen LogP contribution is 2.32. The fraction of sp³-hybridized carbons (Fsp3) is 0.375. The molecule has 0 unspecified atom stereocenters. The van der Waals surface area contributed by atoms with Crippen molar-refractivity contribution in [2.24, 2.45) is 5.41 Å². The number of nitrogens with zero attached hydrogens (tertiary/aromatic N) is 2. The molecule has 0 bridgehead atoms. The highest BCUT2D eigenvalue weighted by atomic mass is 16.5. The Morgan fingerprint density at radius 3 is 2.60 bits per heavy atom. The third kappa shape index (κ3) is 4.56. The summed E-state index contributed by atoms with van der Waals surface area (Å²) in [5, 5.41) is 19.5. The predicted molar refractivity (Wildman–Crippen MR) is 114 cm³/mol. The van der Waals surface area contributed by atoms with Crippen LogP contribution in [0.3, 0.4) is 0 Å². The lowest BCUT2D eigenvalue weighted by Gasteiger charge is -2.40. The van der Waals surface area contributed by atoms with Gasteiger partial charge in [-0.25, -0.2) is 4.98 Å². The normalized spacial score (nSPS) is 16.5. The second-order valence-electron chi connectivity index (χ2n) is 8.10. The standard InChI is InChI=1S/C24H28N2O4/c1-18-22(14-26-12-6-11-24(15-26,16-27)17-28)25-23(29-18)19-7-5-10-21(13-19)30-20-8-3-2-4-9-20/h2-5,7-10,13,27-28H,6,11-12,14-17H2,1H3. The Bertz CT molecular complexity index is 966. The molecule has 1 aliphatic heterocycles. The molecular formula is C24H28N2O4. The summed E-state index contributed by atoms with van der Waals surface area (Å²) < 4.78 is 11.9. The van der Waals surface area contributed by atoms with E-state index in [1.807, 2.05) is 61.5 Å². The van der Waals surface area contributed by atoms with Crippen molar-refractivity contribution >= 4 is 0 Å². The van der Waals surface area contributed by atoms with Crippen molar-refractivity contribution in [3.05, 3.63) is 66.1 Å². The first kappa shape index (κ1) is 20.6. The van der Waals surface area contributed by atoms with Gasteiger partial charge in [0.15, 0.2) is 0 Å². The summed E-state index contributed by atoms with van der Waals surface area (Å²) in [4.78, 5) is 6.97. The summed E-state index contributed by atoms with van der Waals surface area (Å²) in [6, 6.07) is 17.4. The number of aromatic nitrogens is 1. The van der Waals surface area contributed by atoms with Gasteiger partial charge in [-0.15, -0.1) is 0 Å². The average Bonchev–Trinajstić information content (AvgIpc) is 3.15. The van der Waals surface area contributed by atoms with Gasteiger partial charge in [-0.1, -0.05) is 24.3 Å². The fourth-order valence-electron chi connectivity index (χ4n) is 3.98.